The van der Waals surface area contributed by atoms with Crippen molar-refractivity contribution in [2.75, 3.05) is 14.2 Å². The molecule has 0 bridgehead atoms. The summed E-state index contributed by atoms with van der Waals surface area (Å²) in [6.45, 7) is 0. The molecule has 0 amide bonds. The van der Waals surface area contributed by atoms with Crippen LogP contribution in [0.2, 0.25) is 0 Å². The molecule has 0 saturated heterocycles. The van der Waals surface area contributed by atoms with Gasteiger partial charge in [0.25, 0.3) is 0 Å². The molecule has 2 heterocycles. The summed E-state index contributed by atoms with van der Waals surface area (Å²) in [7, 11) is 3.27. The van der Waals surface area contributed by atoms with E-state index in [1.807, 2.05) is 66.7 Å². The molecule has 156 valence electrons. The number of carbonyl (C=O) groups is 1. The molecule has 0 aliphatic heterocycles. The molecule has 0 N–H and O–H groups in total. The number of aromatic nitrogens is 3. The maximum atomic E-state index is 13.4. The van der Waals surface area contributed by atoms with E-state index in [0.717, 1.165) is 38.5 Å². The number of thiazole rings is 1. The Morgan fingerprint density at radius 3 is 2.34 bits per heavy atom. The Morgan fingerprint density at radius 1 is 0.875 bits per heavy atom. The molecule has 3 aromatic carbocycles. The maximum Gasteiger partial charge on any atom is 0.212 e. The summed E-state index contributed by atoms with van der Waals surface area (Å²) >= 11 is 1.51. The average molecular weight is 439 g/mol. The van der Waals surface area contributed by atoms with Crippen LogP contribution in [0.1, 0.15) is 15.9 Å². The van der Waals surface area contributed by atoms with Crippen LogP contribution in [0.15, 0.2) is 66.7 Å². The van der Waals surface area contributed by atoms with Gasteiger partial charge in [0.2, 0.25) is 5.13 Å². The molecule has 0 fully saturated rings. The number of hydrogen-bond donors (Lipinski definition) is 0. The summed E-state index contributed by atoms with van der Waals surface area (Å²) in [5.41, 5.74) is 5.29. The molecule has 7 heteroatoms. The monoisotopic (exact) mass is 439 g/mol. The van der Waals surface area contributed by atoms with E-state index in [0.29, 0.717) is 22.0 Å². The third-order valence-electron chi connectivity index (χ3n) is 5.67. The summed E-state index contributed by atoms with van der Waals surface area (Å²) in [5.74, 6) is 1.51. The van der Waals surface area contributed by atoms with Gasteiger partial charge in [0.05, 0.1) is 35.7 Å². The largest absolute Gasteiger partial charge is 0.497 e. The van der Waals surface area contributed by atoms with E-state index in [-0.39, 0.29) is 5.78 Å². The van der Waals surface area contributed by atoms with Crippen molar-refractivity contribution in [2.45, 2.75) is 0 Å². The molecule has 6 rings (SSSR count). The van der Waals surface area contributed by atoms with E-state index in [4.69, 9.17) is 19.6 Å². The second-order valence-corrected chi connectivity index (χ2v) is 8.43. The minimum Gasteiger partial charge on any atom is -0.497 e. The Morgan fingerprint density at radius 2 is 1.59 bits per heavy atom. The van der Waals surface area contributed by atoms with Crippen molar-refractivity contribution in [1.82, 2.24) is 14.8 Å². The van der Waals surface area contributed by atoms with Gasteiger partial charge in [-0.2, -0.15) is 5.10 Å². The normalized spacial score (nSPS) is 12.1. The highest BCUT2D eigenvalue weighted by atomic mass is 32.1. The van der Waals surface area contributed by atoms with E-state index >= 15 is 0 Å². The molecule has 0 radical (unpaired) electrons. The van der Waals surface area contributed by atoms with Crippen molar-refractivity contribution in [2.24, 2.45) is 0 Å². The third kappa shape index (κ3) is 2.68. The molecular formula is C25H17N3O3S. The van der Waals surface area contributed by atoms with Crippen molar-refractivity contribution in [3.63, 3.8) is 0 Å². The van der Waals surface area contributed by atoms with Gasteiger partial charge in [0.1, 0.15) is 17.2 Å². The maximum absolute atomic E-state index is 13.4. The first kappa shape index (κ1) is 18.8. The predicted molar refractivity (Wildman–Crippen MR) is 124 cm³/mol. The molecule has 0 saturated carbocycles. The quantitative estimate of drug-likeness (QED) is 0.369. The lowest BCUT2D eigenvalue weighted by Crippen LogP contribution is -2.00. The highest BCUT2D eigenvalue weighted by molar-refractivity contribution is 7.20. The van der Waals surface area contributed by atoms with Crippen LogP contribution in [-0.2, 0) is 0 Å². The summed E-state index contributed by atoms with van der Waals surface area (Å²) in [5, 5.41) is 5.59. The van der Waals surface area contributed by atoms with Gasteiger partial charge in [-0.25, -0.2) is 9.67 Å². The Bertz CT molecular complexity index is 1520. The van der Waals surface area contributed by atoms with Gasteiger partial charge in [-0.3, -0.25) is 4.79 Å². The lowest BCUT2D eigenvalue weighted by molar-refractivity contribution is 0.104. The molecule has 1 aliphatic rings. The van der Waals surface area contributed by atoms with Crippen LogP contribution >= 0.6 is 11.3 Å². The molecule has 6 nitrogen and oxygen atoms in total. The number of hydrogen-bond acceptors (Lipinski definition) is 6. The standard InChI is InChI=1S/C25H17N3O3S/c1-30-15-9-7-14(8-10-15)22-21-23(17-5-3-4-6-18(17)24(21)29)28(27-22)25-26-19-12-11-16(31-2)13-20(19)32-25/h3-13H,1-2H3. The third-order valence-corrected chi connectivity index (χ3v) is 6.66. The zero-order chi connectivity index (χ0) is 21.8. The van der Waals surface area contributed by atoms with Crippen LogP contribution in [-0.4, -0.2) is 34.8 Å². The minimum atomic E-state index is -0.0181. The summed E-state index contributed by atoms with van der Waals surface area (Å²) in [4.78, 5) is 18.2. The first-order valence-corrected chi connectivity index (χ1v) is 10.9. The van der Waals surface area contributed by atoms with Gasteiger partial charge < -0.3 is 9.47 Å². The van der Waals surface area contributed by atoms with Crippen LogP contribution in [0.4, 0.5) is 0 Å². The van der Waals surface area contributed by atoms with Gasteiger partial charge in [0.15, 0.2) is 5.78 Å². The summed E-state index contributed by atoms with van der Waals surface area (Å²) in [6.07, 6.45) is 0. The zero-order valence-electron chi connectivity index (χ0n) is 17.3. The van der Waals surface area contributed by atoms with E-state index in [2.05, 4.69) is 0 Å². The van der Waals surface area contributed by atoms with Crippen LogP contribution in [0, 0.1) is 0 Å². The van der Waals surface area contributed by atoms with Gasteiger partial charge in [-0.1, -0.05) is 35.6 Å². The summed E-state index contributed by atoms with van der Waals surface area (Å²) < 4.78 is 13.4. The second kappa shape index (κ2) is 7.03. The first-order valence-electron chi connectivity index (χ1n) is 10.0. The molecular weight excluding hydrogens is 422 g/mol. The fourth-order valence-corrected chi connectivity index (χ4v) is 5.06. The molecule has 0 atom stereocenters. The van der Waals surface area contributed by atoms with Crippen LogP contribution < -0.4 is 9.47 Å². The van der Waals surface area contributed by atoms with E-state index < -0.39 is 0 Å². The average Bonchev–Trinajstić information content (AvgIpc) is 3.51. The SMILES string of the molecule is COc1ccc(-c2nn(-c3nc4ccc(OC)cc4s3)c3c2C(=O)c2ccccc2-3)cc1. The van der Waals surface area contributed by atoms with Crippen molar-refractivity contribution >= 4 is 27.3 Å². The molecule has 0 spiro atoms. The highest BCUT2D eigenvalue weighted by Gasteiger charge is 2.35. The Balaban J connectivity index is 1.61. The van der Waals surface area contributed by atoms with Gasteiger partial charge >= 0.3 is 0 Å². The number of nitrogens with zero attached hydrogens (tertiary/aromatic N) is 3. The Kier molecular flexibility index (Phi) is 4.13. The number of ether oxygens (including phenoxy) is 2. The lowest BCUT2D eigenvalue weighted by atomic mass is 10.0. The molecule has 1 aliphatic carbocycles. The van der Waals surface area contributed by atoms with Crippen molar-refractivity contribution < 1.29 is 14.3 Å². The Labute approximate surface area is 187 Å². The van der Waals surface area contributed by atoms with Crippen LogP contribution in [0.5, 0.6) is 11.5 Å². The zero-order valence-corrected chi connectivity index (χ0v) is 18.1. The van der Waals surface area contributed by atoms with E-state index in [1.165, 1.54) is 11.3 Å². The number of carbonyl (C=O) groups excluding carboxylic acids is 1. The number of rotatable bonds is 4. The first-order chi connectivity index (χ1) is 15.7. The molecule has 0 unspecified atom stereocenters. The highest BCUT2D eigenvalue weighted by Crippen LogP contribution is 2.43. The molecule has 5 aromatic rings. The number of benzene rings is 3. The lowest BCUT2D eigenvalue weighted by Gasteiger charge is -2.04. The smallest absolute Gasteiger partial charge is 0.212 e. The number of ketones is 1. The van der Waals surface area contributed by atoms with Gasteiger partial charge in [0, 0.05) is 16.7 Å². The van der Waals surface area contributed by atoms with Crippen LogP contribution in [0.3, 0.4) is 0 Å². The van der Waals surface area contributed by atoms with Crippen molar-refractivity contribution in [3.05, 3.63) is 77.9 Å². The van der Waals surface area contributed by atoms with Gasteiger partial charge in [-0.15, -0.1) is 0 Å². The fourth-order valence-electron chi connectivity index (χ4n) is 4.10. The molecule has 2 aromatic heterocycles. The number of methoxy groups -OCH3 is 2. The topological polar surface area (TPSA) is 66.2 Å². The predicted octanol–water partition coefficient (Wildman–Crippen LogP) is 5.38. The van der Waals surface area contributed by atoms with Gasteiger partial charge in [-0.05, 0) is 42.5 Å². The molecule has 32 heavy (non-hydrogen) atoms. The Hall–Kier alpha value is -3.97. The van der Waals surface area contributed by atoms with Crippen molar-refractivity contribution in [3.8, 4) is 39.1 Å². The second-order valence-electron chi connectivity index (χ2n) is 7.42. The van der Waals surface area contributed by atoms with Crippen molar-refractivity contribution in [1.29, 1.82) is 0 Å². The fraction of sp³-hybridized carbons (Fsp3) is 0.0800. The van der Waals surface area contributed by atoms with E-state index in [1.54, 1.807) is 18.9 Å². The van der Waals surface area contributed by atoms with E-state index in [9.17, 15) is 4.79 Å². The minimum absolute atomic E-state index is 0.0181. The van der Waals surface area contributed by atoms with Crippen LogP contribution in [0.25, 0.3) is 37.9 Å². The summed E-state index contributed by atoms with van der Waals surface area (Å²) in [6, 6.07) is 21.0. The number of fused-ring (bicyclic) bond motifs is 4.